The van der Waals surface area contributed by atoms with Crippen LogP contribution in [0.2, 0.25) is 0 Å². The molecule has 16 heteroatoms. The molecule has 7 rings (SSSR count). The van der Waals surface area contributed by atoms with Crippen molar-refractivity contribution in [3.63, 3.8) is 0 Å². The van der Waals surface area contributed by atoms with Crippen molar-refractivity contribution >= 4 is 35.3 Å². The third-order valence-electron chi connectivity index (χ3n) is 11.8. The molecule has 4 aromatic rings. The lowest BCUT2D eigenvalue weighted by Crippen LogP contribution is -2.56. The number of carbonyl (C=O) groups excluding carboxylic acids is 4. The Morgan fingerprint density at radius 3 is 1.93 bits per heavy atom. The zero-order valence-corrected chi connectivity index (χ0v) is 36.0. The standard InChI is InChI=1S/C43H56N8O7S/c1-23(2)33(48-41(54)56-7)39(52)50-19-11-14-31(50)37-45-21-30(47-37)36-28-13-10-9-12-27(28)35(59-36)26-17-15-25(16-18-26)29-20-44-38(46-29)32-22-58-43(5,6)51(32)40(53)34(24(3)4)49-42(55)57-8/h15-18,20-21,23-24,31-34H,9-14,19,22H2,1-8H3,(H,44,46)(H,45,47)(H,48,54)(H,49,55)/t31-,32-,33-,34-/m0/s1. The number of carbonyl (C=O) groups is 4. The van der Waals surface area contributed by atoms with Crippen molar-refractivity contribution in [1.29, 1.82) is 0 Å². The molecule has 4 N–H and O–H groups in total. The molecule has 2 aliphatic heterocycles. The van der Waals surface area contributed by atoms with Crippen LogP contribution in [0.4, 0.5) is 9.59 Å². The Hall–Kier alpha value is -5.22. The number of likely N-dealkylation sites (tertiary alicyclic amines) is 1. The summed E-state index contributed by atoms with van der Waals surface area (Å²) in [5.41, 5.74) is 5.68. The van der Waals surface area contributed by atoms with Gasteiger partial charge in [0, 0.05) is 11.4 Å². The summed E-state index contributed by atoms with van der Waals surface area (Å²) in [4.78, 5) is 74.4. The topological polar surface area (TPSA) is 184 Å². The van der Waals surface area contributed by atoms with E-state index in [-0.39, 0.29) is 36.3 Å². The number of methoxy groups -OCH3 is 2. The third-order valence-corrected chi connectivity index (χ3v) is 13.1. The highest BCUT2D eigenvalue weighted by Gasteiger charge is 2.48. The van der Waals surface area contributed by atoms with Gasteiger partial charge < -0.3 is 44.6 Å². The van der Waals surface area contributed by atoms with Gasteiger partial charge in [0.2, 0.25) is 11.8 Å². The number of benzene rings is 1. The molecule has 0 spiro atoms. The fourth-order valence-corrected chi connectivity index (χ4v) is 9.99. The van der Waals surface area contributed by atoms with Gasteiger partial charge in [-0.25, -0.2) is 19.6 Å². The predicted molar refractivity (Wildman–Crippen MR) is 223 cm³/mol. The minimum atomic E-state index is -0.921. The number of fused-ring (bicyclic) bond motifs is 1. The molecule has 5 heterocycles. The van der Waals surface area contributed by atoms with Gasteiger partial charge in [-0.05, 0) is 86.5 Å². The number of amides is 4. The maximum atomic E-state index is 14.0. The first-order valence-electron chi connectivity index (χ1n) is 20.5. The SMILES string of the molecule is COC(=O)N[C@H](C(=O)N1CCC[C@H]1c1ncc(-c2sc(-c3ccc(-c4cnc([C@@H]5COC(C)(C)N5C(=O)[C@@H](NC(=O)OC)C(C)C)[nH]4)cc3)c3c2CCCC3)[nH]1)C(C)C. The van der Waals surface area contributed by atoms with Crippen molar-refractivity contribution in [2.24, 2.45) is 11.8 Å². The third kappa shape index (κ3) is 8.34. The lowest BCUT2D eigenvalue weighted by Gasteiger charge is -2.36. The van der Waals surface area contributed by atoms with Crippen LogP contribution in [0.5, 0.6) is 0 Å². The van der Waals surface area contributed by atoms with E-state index >= 15 is 0 Å². The minimum Gasteiger partial charge on any atom is -0.453 e. The van der Waals surface area contributed by atoms with Crippen LogP contribution < -0.4 is 10.6 Å². The first-order valence-corrected chi connectivity index (χ1v) is 21.4. The molecule has 59 heavy (non-hydrogen) atoms. The molecular formula is C43H56N8O7S. The van der Waals surface area contributed by atoms with Gasteiger partial charge in [-0.3, -0.25) is 9.59 Å². The molecule has 4 amide bonds. The Bertz CT molecular complexity index is 2170. The number of nitrogens with zero attached hydrogens (tertiary/aromatic N) is 4. The van der Waals surface area contributed by atoms with Gasteiger partial charge >= 0.3 is 12.2 Å². The molecule has 0 saturated carbocycles. The van der Waals surface area contributed by atoms with Crippen LogP contribution in [0.25, 0.3) is 32.3 Å². The van der Waals surface area contributed by atoms with Crippen LogP contribution in [0.3, 0.4) is 0 Å². The Morgan fingerprint density at radius 1 is 0.780 bits per heavy atom. The van der Waals surface area contributed by atoms with E-state index in [1.54, 1.807) is 22.4 Å². The molecule has 0 unspecified atom stereocenters. The van der Waals surface area contributed by atoms with E-state index in [0.29, 0.717) is 12.4 Å². The molecule has 4 atom stereocenters. The second kappa shape index (κ2) is 17.2. The van der Waals surface area contributed by atoms with Crippen LogP contribution >= 0.6 is 11.3 Å². The predicted octanol–water partition coefficient (Wildman–Crippen LogP) is 7.13. The van der Waals surface area contributed by atoms with Gasteiger partial charge in [0.15, 0.2) is 0 Å². The van der Waals surface area contributed by atoms with E-state index < -0.39 is 36.0 Å². The highest BCUT2D eigenvalue weighted by molar-refractivity contribution is 7.19. The summed E-state index contributed by atoms with van der Waals surface area (Å²) in [6.45, 7) is 12.1. The van der Waals surface area contributed by atoms with E-state index in [0.717, 1.165) is 66.9 Å². The van der Waals surface area contributed by atoms with Gasteiger partial charge in [0.25, 0.3) is 0 Å². The minimum absolute atomic E-state index is 0.109. The second-order valence-corrected chi connectivity index (χ2v) is 17.8. The molecule has 3 aromatic heterocycles. The van der Waals surface area contributed by atoms with E-state index in [9.17, 15) is 19.2 Å². The maximum Gasteiger partial charge on any atom is 0.407 e. The van der Waals surface area contributed by atoms with Gasteiger partial charge in [0.05, 0.1) is 55.5 Å². The fourth-order valence-electron chi connectivity index (χ4n) is 8.62. The number of alkyl carbamates (subject to hydrolysis) is 2. The second-order valence-electron chi connectivity index (χ2n) is 16.8. The Morgan fingerprint density at radius 2 is 1.32 bits per heavy atom. The van der Waals surface area contributed by atoms with Gasteiger partial charge in [0.1, 0.15) is 35.5 Å². The van der Waals surface area contributed by atoms with E-state index in [4.69, 9.17) is 24.2 Å². The maximum absolute atomic E-state index is 14.0. The summed E-state index contributed by atoms with van der Waals surface area (Å²) < 4.78 is 15.7. The first kappa shape index (κ1) is 41.9. The smallest absolute Gasteiger partial charge is 0.407 e. The van der Waals surface area contributed by atoms with Gasteiger partial charge in [-0.15, -0.1) is 11.3 Å². The molecule has 0 bridgehead atoms. The number of hydrogen-bond donors (Lipinski definition) is 4. The summed E-state index contributed by atoms with van der Waals surface area (Å²) in [7, 11) is 2.57. The normalized spacial score (nSPS) is 19.8. The lowest BCUT2D eigenvalue weighted by molar-refractivity contribution is -0.149. The summed E-state index contributed by atoms with van der Waals surface area (Å²) in [5, 5.41) is 5.42. The molecule has 1 aromatic carbocycles. The molecule has 2 saturated heterocycles. The number of thiophene rings is 1. The summed E-state index contributed by atoms with van der Waals surface area (Å²) in [6.07, 6.45) is 8.28. The van der Waals surface area contributed by atoms with E-state index in [1.807, 2.05) is 52.6 Å². The summed E-state index contributed by atoms with van der Waals surface area (Å²) in [6, 6.07) is 6.29. The van der Waals surface area contributed by atoms with Crippen molar-refractivity contribution in [3.05, 3.63) is 59.4 Å². The number of aromatic amines is 2. The van der Waals surface area contributed by atoms with Crippen LogP contribution in [0.15, 0.2) is 36.7 Å². The number of nitrogens with one attached hydrogen (secondary N) is 4. The van der Waals surface area contributed by atoms with Crippen LogP contribution in [0.1, 0.15) is 102 Å². The quantitative estimate of drug-likeness (QED) is 0.122. The Labute approximate surface area is 349 Å². The van der Waals surface area contributed by atoms with E-state index in [2.05, 4.69) is 44.9 Å². The highest BCUT2D eigenvalue weighted by atomic mass is 32.1. The first-order chi connectivity index (χ1) is 28.2. The lowest BCUT2D eigenvalue weighted by atomic mass is 9.90. The average Bonchev–Trinajstić information content (AvgIpc) is 4.07. The number of imidazole rings is 2. The van der Waals surface area contributed by atoms with Gasteiger partial charge in [-0.2, -0.15) is 0 Å². The van der Waals surface area contributed by atoms with Crippen molar-refractivity contribution in [2.75, 3.05) is 27.4 Å². The molecule has 1 aliphatic carbocycles. The number of ether oxygens (including phenoxy) is 3. The fraction of sp³-hybridized carbons (Fsp3) is 0.535. The monoisotopic (exact) mass is 828 g/mol. The summed E-state index contributed by atoms with van der Waals surface area (Å²) >= 11 is 1.78. The summed E-state index contributed by atoms with van der Waals surface area (Å²) in [5.74, 6) is 0.657. The average molecular weight is 829 g/mol. The zero-order valence-electron chi connectivity index (χ0n) is 35.1. The van der Waals surface area contributed by atoms with Crippen LogP contribution in [-0.4, -0.2) is 98.9 Å². The molecule has 0 radical (unpaired) electrons. The van der Waals surface area contributed by atoms with E-state index in [1.165, 1.54) is 35.1 Å². The molecule has 316 valence electrons. The molecule has 2 fully saturated rings. The molecular weight excluding hydrogens is 773 g/mol. The van der Waals surface area contributed by atoms with Crippen molar-refractivity contribution in [3.8, 4) is 32.3 Å². The zero-order chi connectivity index (χ0) is 42.2. The van der Waals surface area contributed by atoms with Crippen LogP contribution in [0, 0.1) is 11.8 Å². The van der Waals surface area contributed by atoms with Crippen molar-refractivity contribution < 1.29 is 33.4 Å². The molecule has 15 nitrogen and oxygen atoms in total. The van der Waals surface area contributed by atoms with Crippen LogP contribution in [-0.2, 0) is 36.6 Å². The number of H-pyrrole nitrogens is 2. The Kier molecular flexibility index (Phi) is 12.2. The van der Waals surface area contributed by atoms with Crippen molar-refractivity contribution in [1.82, 2.24) is 40.4 Å². The molecule has 3 aliphatic rings. The van der Waals surface area contributed by atoms with Gasteiger partial charge in [-0.1, -0.05) is 52.0 Å². The van der Waals surface area contributed by atoms with Crippen molar-refractivity contribution in [2.45, 2.75) is 110 Å². The number of rotatable bonds is 11. The largest absolute Gasteiger partial charge is 0.453 e. The highest BCUT2D eigenvalue weighted by Crippen LogP contribution is 2.46. The Balaban J connectivity index is 1.11. The number of aromatic nitrogens is 4. The number of hydrogen-bond acceptors (Lipinski definition) is 10.